The molecule has 86 valence electrons. The summed E-state index contributed by atoms with van der Waals surface area (Å²) in [5, 5.41) is 16.2. The fourth-order valence-corrected chi connectivity index (χ4v) is 1.44. The maximum Gasteiger partial charge on any atom is 0.328 e. The van der Waals surface area contributed by atoms with Crippen molar-refractivity contribution in [3.05, 3.63) is 54.1 Å². The molecule has 1 aromatic carbocycles. The number of aliphatic carboxylic acids is 1. The van der Waals surface area contributed by atoms with Gasteiger partial charge in [-0.25, -0.2) is 4.79 Å². The van der Waals surface area contributed by atoms with Crippen molar-refractivity contribution in [1.82, 2.24) is 14.8 Å². The number of hydrogen-bond acceptors (Lipinski definition) is 3. The molecule has 0 saturated carbocycles. The van der Waals surface area contributed by atoms with E-state index in [4.69, 9.17) is 5.11 Å². The number of carbonyl (C=O) groups is 1. The van der Waals surface area contributed by atoms with E-state index in [0.717, 1.165) is 11.6 Å². The van der Waals surface area contributed by atoms with Crippen LogP contribution in [-0.4, -0.2) is 25.8 Å². The van der Waals surface area contributed by atoms with Crippen molar-refractivity contribution in [3.8, 4) is 0 Å². The summed E-state index contributed by atoms with van der Waals surface area (Å²) in [6.45, 7) is 0.618. The molecule has 2 rings (SSSR count). The van der Waals surface area contributed by atoms with Crippen LogP contribution in [0.3, 0.4) is 0 Å². The predicted molar refractivity (Wildman–Crippen MR) is 62.2 cm³/mol. The number of benzene rings is 1. The van der Waals surface area contributed by atoms with Gasteiger partial charge in [0.25, 0.3) is 0 Å². The van der Waals surface area contributed by atoms with Crippen LogP contribution in [0.2, 0.25) is 0 Å². The molecule has 0 aliphatic carbocycles. The molecule has 0 spiro atoms. The predicted octanol–water partition coefficient (Wildman–Crippen LogP) is 1.42. The summed E-state index contributed by atoms with van der Waals surface area (Å²) >= 11 is 0. The van der Waals surface area contributed by atoms with E-state index in [1.807, 2.05) is 30.3 Å². The quantitative estimate of drug-likeness (QED) is 0.805. The second kappa shape index (κ2) is 5.07. The number of nitrogens with zero attached hydrogens (tertiary/aromatic N) is 3. The number of carboxylic acid groups (broad SMARTS) is 1. The van der Waals surface area contributed by atoms with E-state index in [9.17, 15) is 4.79 Å². The number of carboxylic acids is 1. The van der Waals surface area contributed by atoms with Crippen LogP contribution in [0.4, 0.5) is 0 Å². The Labute approximate surface area is 98.0 Å². The van der Waals surface area contributed by atoms with E-state index < -0.39 is 5.97 Å². The van der Waals surface area contributed by atoms with E-state index in [1.54, 1.807) is 10.9 Å². The van der Waals surface area contributed by atoms with E-state index >= 15 is 0 Å². The van der Waals surface area contributed by atoms with Crippen LogP contribution in [-0.2, 0) is 11.3 Å². The normalized spacial score (nSPS) is 10.8. The van der Waals surface area contributed by atoms with Gasteiger partial charge in [0.2, 0.25) is 0 Å². The summed E-state index contributed by atoms with van der Waals surface area (Å²) in [5.74, 6) is -0.476. The Balaban J connectivity index is 2.17. The van der Waals surface area contributed by atoms with Crippen LogP contribution in [0.15, 0.2) is 42.7 Å². The summed E-state index contributed by atoms with van der Waals surface area (Å²) < 4.78 is 1.79. The van der Waals surface area contributed by atoms with E-state index in [2.05, 4.69) is 10.2 Å². The van der Waals surface area contributed by atoms with Crippen molar-refractivity contribution in [2.75, 3.05) is 0 Å². The van der Waals surface area contributed by atoms with Gasteiger partial charge < -0.3 is 9.67 Å². The third-order valence-corrected chi connectivity index (χ3v) is 2.22. The lowest BCUT2D eigenvalue weighted by molar-refractivity contribution is -0.131. The Bertz CT molecular complexity index is 532. The smallest absolute Gasteiger partial charge is 0.328 e. The lowest BCUT2D eigenvalue weighted by Crippen LogP contribution is -2.01. The summed E-state index contributed by atoms with van der Waals surface area (Å²) in [6.07, 6.45) is 4.05. The van der Waals surface area contributed by atoms with Crippen molar-refractivity contribution < 1.29 is 9.90 Å². The first-order valence-corrected chi connectivity index (χ1v) is 5.08. The molecule has 2 aromatic rings. The fraction of sp³-hybridized carbons (Fsp3) is 0.0833. The second-order valence-electron chi connectivity index (χ2n) is 3.47. The SMILES string of the molecule is O=C(O)/C=C/c1nncn1Cc1ccccc1. The first-order chi connectivity index (χ1) is 8.25. The molecule has 1 N–H and O–H groups in total. The van der Waals surface area contributed by atoms with Crippen LogP contribution in [0, 0.1) is 0 Å². The zero-order chi connectivity index (χ0) is 12.1. The first kappa shape index (κ1) is 11.1. The highest BCUT2D eigenvalue weighted by molar-refractivity contribution is 5.84. The van der Waals surface area contributed by atoms with Crippen LogP contribution < -0.4 is 0 Å². The van der Waals surface area contributed by atoms with E-state index in [1.165, 1.54) is 6.08 Å². The zero-order valence-electron chi connectivity index (χ0n) is 9.02. The molecule has 0 aliphatic rings. The van der Waals surface area contributed by atoms with Crippen LogP contribution in [0.5, 0.6) is 0 Å². The number of hydrogen-bond donors (Lipinski definition) is 1. The van der Waals surface area contributed by atoms with Gasteiger partial charge >= 0.3 is 5.97 Å². The molecule has 0 radical (unpaired) electrons. The van der Waals surface area contributed by atoms with Gasteiger partial charge in [-0.15, -0.1) is 10.2 Å². The van der Waals surface area contributed by atoms with E-state index in [-0.39, 0.29) is 0 Å². The summed E-state index contributed by atoms with van der Waals surface area (Å²) in [7, 11) is 0. The largest absolute Gasteiger partial charge is 0.478 e. The van der Waals surface area contributed by atoms with Gasteiger partial charge in [-0.05, 0) is 11.6 Å². The third-order valence-electron chi connectivity index (χ3n) is 2.22. The first-order valence-electron chi connectivity index (χ1n) is 5.08. The Morgan fingerprint density at radius 2 is 2.12 bits per heavy atom. The van der Waals surface area contributed by atoms with Crippen LogP contribution in [0.1, 0.15) is 11.4 Å². The maximum absolute atomic E-state index is 10.4. The topological polar surface area (TPSA) is 68.0 Å². The Morgan fingerprint density at radius 3 is 2.82 bits per heavy atom. The minimum atomic E-state index is -1.00. The molecule has 1 aromatic heterocycles. The number of aromatic nitrogens is 3. The minimum absolute atomic E-state index is 0.524. The van der Waals surface area contributed by atoms with Crippen molar-refractivity contribution in [1.29, 1.82) is 0 Å². The lowest BCUT2D eigenvalue weighted by Gasteiger charge is -2.03. The standard InChI is InChI=1S/C12H11N3O2/c16-12(17)7-6-11-14-13-9-15(11)8-10-4-2-1-3-5-10/h1-7,9H,8H2,(H,16,17)/b7-6+. The highest BCUT2D eigenvalue weighted by Crippen LogP contribution is 2.05. The molecule has 0 amide bonds. The molecular weight excluding hydrogens is 218 g/mol. The van der Waals surface area contributed by atoms with Gasteiger partial charge in [-0.2, -0.15) is 0 Å². The zero-order valence-corrected chi connectivity index (χ0v) is 9.02. The average Bonchev–Trinajstić information content (AvgIpc) is 2.75. The molecular formula is C12H11N3O2. The molecule has 0 bridgehead atoms. The van der Waals surface area contributed by atoms with Crippen molar-refractivity contribution in [2.24, 2.45) is 0 Å². The van der Waals surface area contributed by atoms with Crippen molar-refractivity contribution in [3.63, 3.8) is 0 Å². The second-order valence-corrected chi connectivity index (χ2v) is 3.47. The fourth-order valence-electron chi connectivity index (χ4n) is 1.44. The third kappa shape index (κ3) is 3.01. The highest BCUT2D eigenvalue weighted by atomic mass is 16.4. The molecule has 5 nitrogen and oxygen atoms in total. The number of rotatable bonds is 4. The molecule has 0 fully saturated rings. The summed E-state index contributed by atoms with van der Waals surface area (Å²) in [5.41, 5.74) is 1.11. The van der Waals surface area contributed by atoms with E-state index in [0.29, 0.717) is 12.4 Å². The molecule has 17 heavy (non-hydrogen) atoms. The molecule has 0 aliphatic heterocycles. The Morgan fingerprint density at radius 1 is 1.35 bits per heavy atom. The van der Waals surface area contributed by atoms with Crippen molar-refractivity contribution >= 4 is 12.0 Å². The van der Waals surface area contributed by atoms with Crippen LogP contribution in [0.25, 0.3) is 6.08 Å². The summed E-state index contributed by atoms with van der Waals surface area (Å²) in [6, 6.07) is 9.83. The monoisotopic (exact) mass is 229 g/mol. The van der Waals surface area contributed by atoms with Gasteiger partial charge in [0, 0.05) is 6.08 Å². The molecule has 1 heterocycles. The summed E-state index contributed by atoms with van der Waals surface area (Å²) in [4.78, 5) is 10.4. The van der Waals surface area contributed by atoms with Crippen LogP contribution >= 0.6 is 0 Å². The van der Waals surface area contributed by atoms with Gasteiger partial charge in [-0.3, -0.25) is 0 Å². The highest BCUT2D eigenvalue weighted by Gasteiger charge is 2.01. The Hall–Kier alpha value is -2.43. The molecule has 5 heteroatoms. The lowest BCUT2D eigenvalue weighted by atomic mass is 10.2. The maximum atomic E-state index is 10.4. The van der Waals surface area contributed by atoms with Crippen molar-refractivity contribution in [2.45, 2.75) is 6.54 Å². The minimum Gasteiger partial charge on any atom is -0.478 e. The molecule has 0 saturated heterocycles. The van der Waals surface area contributed by atoms with Gasteiger partial charge in [0.15, 0.2) is 5.82 Å². The van der Waals surface area contributed by atoms with Gasteiger partial charge in [0.1, 0.15) is 6.33 Å². The van der Waals surface area contributed by atoms with Gasteiger partial charge in [-0.1, -0.05) is 30.3 Å². The molecule has 0 atom stereocenters. The average molecular weight is 229 g/mol. The molecule has 0 unspecified atom stereocenters. The Kier molecular flexibility index (Phi) is 3.30. The van der Waals surface area contributed by atoms with Gasteiger partial charge in [0.05, 0.1) is 6.54 Å².